The van der Waals surface area contributed by atoms with Gasteiger partial charge in [0.2, 0.25) is 11.6 Å². The smallest absolute Gasteiger partial charge is 0.353 e. The molecular weight excluding hydrogens is 432 g/mol. The minimum atomic E-state index is -0.677. The van der Waals surface area contributed by atoms with Gasteiger partial charge in [-0.2, -0.15) is 0 Å². The van der Waals surface area contributed by atoms with Gasteiger partial charge in [-0.15, -0.1) is 0 Å². The summed E-state index contributed by atoms with van der Waals surface area (Å²) in [7, 11) is 6.24. The van der Waals surface area contributed by atoms with Gasteiger partial charge < -0.3 is 24.6 Å². The standard InChI is InChI=1S/C21H26N6O6/c1-25-7-5-16(6-8-25)26(2)19-17(27(30)31)18(22-12-23-19)24-15-10-13(20(28)32-3)9-14(11-15)21(29)33-4/h9-12,16H,5-8H2,1-4H3,(H,22,23,24). The SMILES string of the molecule is COC(=O)c1cc(Nc2ncnc(N(C)C3CCN(C)CC3)c2[N+](=O)[O-])cc(C(=O)OC)c1. The number of carbonyl (C=O) groups excluding carboxylic acids is 2. The highest BCUT2D eigenvalue weighted by Gasteiger charge is 2.30. The molecule has 0 spiro atoms. The molecule has 12 heteroatoms. The number of hydrogen-bond donors (Lipinski definition) is 1. The second-order valence-electron chi connectivity index (χ2n) is 7.70. The van der Waals surface area contributed by atoms with Crippen LogP contribution in [0.4, 0.5) is 23.0 Å². The van der Waals surface area contributed by atoms with E-state index in [4.69, 9.17) is 9.47 Å². The third-order valence-corrected chi connectivity index (χ3v) is 5.59. The van der Waals surface area contributed by atoms with Crippen molar-refractivity contribution in [2.45, 2.75) is 18.9 Å². The predicted molar refractivity (Wildman–Crippen MR) is 120 cm³/mol. The first-order valence-corrected chi connectivity index (χ1v) is 10.2. The van der Waals surface area contributed by atoms with Crippen LogP contribution in [-0.4, -0.2) is 79.2 Å². The van der Waals surface area contributed by atoms with Gasteiger partial charge in [0.05, 0.1) is 30.3 Å². The van der Waals surface area contributed by atoms with Crippen LogP contribution < -0.4 is 10.2 Å². The maximum atomic E-state index is 12.1. The van der Waals surface area contributed by atoms with Crippen molar-refractivity contribution in [3.8, 4) is 0 Å². The molecule has 0 amide bonds. The number of aromatic nitrogens is 2. The average Bonchev–Trinajstić information content (AvgIpc) is 2.82. The number of piperidine rings is 1. The summed E-state index contributed by atoms with van der Waals surface area (Å²) in [5.41, 5.74) is 0.0709. The lowest BCUT2D eigenvalue weighted by Crippen LogP contribution is -2.42. The van der Waals surface area contributed by atoms with Crippen molar-refractivity contribution < 1.29 is 24.0 Å². The number of rotatable bonds is 7. The molecule has 1 saturated heterocycles. The lowest BCUT2D eigenvalue weighted by molar-refractivity contribution is -0.383. The largest absolute Gasteiger partial charge is 0.465 e. The van der Waals surface area contributed by atoms with Gasteiger partial charge in [0, 0.05) is 18.8 Å². The topological polar surface area (TPSA) is 140 Å². The van der Waals surface area contributed by atoms with E-state index in [0.717, 1.165) is 25.9 Å². The maximum Gasteiger partial charge on any atom is 0.353 e. The first-order valence-electron chi connectivity index (χ1n) is 10.2. The van der Waals surface area contributed by atoms with Crippen LogP contribution in [0.15, 0.2) is 24.5 Å². The van der Waals surface area contributed by atoms with Crippen molar-refractivity contribution in [3.63, 3.8) is 0 Å². The number of carbonyl (C=O) groups is 2. The van der Waals surface area contributed by atoms with Crippen molar-refractivity contribution in [3.05, 3.63) is 45.8 Å². The number of esters is 2. The summed E-state index contributed by atoms with van der Waals surface area (Å²) in [6.07, 6.45) is 2.93. The molecule has 1 aromatic heterocycles. The highest BCUT2D eigenvalue weighted by molar-refractivity contribution is 5.97. The molecule has 2 heterocycles. The van der Waals surface area contributed by atoms with Crippen molar-refractivity contribution >= 4 is 34.9 Å². The number of methoxy groups -OCH3 is 2. The molecule has 33 heavy (non-hydrogen) atoms. The summed E-state index contributed by atoms with van der Waals surface area (Å²) >= 11 is 0. The fourth-order valence-corrected chi connectivity index (χ4v) is 3.75. The number of benzene rings is 1. The molecule has 0 saturated carbocycles. The lowest BCUT2D eigenvalue weighted by Gasteiger charge is -2.35. The van der Waals surface area contributed by atoms with Crippen LogP contribution in [0.3, 0.4) is 0 Å². The zero-order valence-corrected chi connectivity index (χ0v) is 18.9. The first kappa shape index (κ1) is 23.9. The van der Waals surface area contributed by atoms with E-state index in [9.17, 15) is 19.7 Å². The Labute approximate surface area is 190 Å². The molecule has 1 fully saturated rings. The summed E-state index contributed by atoms with van der Waals surface area (Å²) in [4.78, 5) is 47.8. The summed E-state index contributed by atoms with van der Waals surface area (Å²) in [6, 6.07) is 4.22. The number of likely N-dealkylation sites (tertiary alicyclic amines) is 1. The van der Waals surface area contributed by atoms with Gasteiger partial charge in [0.1, 0.15) is 6.33 Å². The van der Waals surface area contributed by atoms with Crippen LogP contribution in [0.1, 0.15) is 33.6 Å². The lowest BCUT2D eigenvalue weighted by atomic mass is 10.0. The van der Waals surface area contributed by atoms with Crippen LogP contribution in [0, 0.1) is 10.1 Å². The van der Waals surface area contributed by atoms with Crippen molar-refractivity contribution in [1.29, 1.82) is 0 Å². The zero-order chi connectivity index (χ0) is 24.1. The van der Waals surface area contributed by atoms with E-state index < -0.39 is 16.9 Å². The van der Waals surface area contributed by atoms with Crippen LogP contribution in [0.25, 0.3) is 0 Å². The Kier molecular flexibility index (Phi) is 7.38. The minimum Gasteiger partial charge on any atom is -0.465 e. The van der Waals surface area contributed by atoms with Crippen molar-refractivity contribution in [1.82, 2.24) is 14.9 Å². The van der Waals surface area contributed by atoms with E-state index in [0.29, 0.717) is 0 Å². The normalized spacial score (nSPS) is 14.4. The van der Waals surface area contributed by atoms with Gasteiger partial charge >= 0.3 is 17.6 Å². The summed E-state index contributed by atoms with van der Waals surface area (Å²) in [6.45, 7) is 1.77. The Morgan fingerprint density at radius 1 is 1.12 bits per heavy atom. The monoisotopic (exact) mass is 458 g/mol. The fourth-order valence-electron chi connectivity index (χ4n) is 3.75. The Morgan fingerprint density at radius 2 is 1.70 bits per heavy atom. The van der Waals surface area contributed by atoms with Gasteiger partial charge in [-0.25, -0.2) is 19.6 Å². The third kappa shape index (κ3) is 5.34. The quantitative estimate of drug-likeness (QED) is 0.371. The highest BCUT2D eigenvalue weighted by Crippen LogP contribution is 2.35. The molecule has 2 aromatic rings. The van der Waals surface area contributed by atoms with E-state index >= 15 is 0 Å². The summed E-state index contributed by atoms with van der Waals surface area (Å²) < 4.78 is 9.47. The summed E-state index contributed by atoms with van der Waals surface area (Å²) in [5, 5.41) is 14.9. The number of anilines is 3. The number of ether oxygens (including phenoxy) is 2. The van der Waals surface area contributed by atoms with E-state index in [1.807, 2.05) is 11.9 Å². The first-order chi connectivity index (χ1) is 15.7. The molecule has 0 radical (unpaired) electrons. The van der Waals surface area contributed by atoms with Crippen LogP contribution in [-0.2, 0) is 9.47 Å². The van der Waals surface area contributed by atoms with Gasteiger partial charge in [-0.3, -0.25) is 10.1 Å². The minimum absolute atomic E-state index is 0.0670. The molecule has 0 atom stereocenters. The number of nitrogens with zero attached hydrogens (tertiary/aromatic N) is 5. The Balaban J connectivity index is 2.00. The van der Waals surface area contributed by atoms with Crippen molar-refractivity contribution in [2.24, 2.45) is 0 Å². The van der Waals surface area contributed by atoms with Gasteiger partial charge in [-0.1, -0.05) is 0 Å². The highest BCUT2D eigenvalue weighted by atomic mass is 16.6. The molecule has 176 valence electrons. The number of nitrogens with one attached hydrogen (secondary N) is 1. The van der Waals surface area contributed by atoms with Gasteiger partial charge in [0.25, 0.3) is 0 Å². The zero-order valence-electron chi connectivity index (χ0n) is 18.9. The molecule has 0 aliphatic carbocycles. The maximum absolute atomic E-state index is 12.1. The Hall–Kier alpha value is -3.80. The molecule has 1 aliphatic rings. The Bertz CT molecular complexity index is 1020. The molecule has 0 bridgehead atoms. The third-order valence-electron chi connectivity index (χ3n) is 5.59. The number of hydrogen-bond acceptors (Lipinski definition) is 11. The molecule has 3 rings (SSSR count). The van der Waals surface area contributed by atoms with E-state index in [2.05, 4.69) is 20.2 Å². The van der Waals surface area contributed by atoms with Crippen molar-refractivity contribution in [2.75, 3.05) is 51.6 Å². The predicted octanol–water partition coefficient (Wildman–Crippen LogP) is 2.23. The fraction of sp³-hybridized carbons (Fsp3) is 0.429. The number of nitro groups is 1. The molecule has 1 N–H and O–H groups in total. The van der Waals surface area contributed by atoms with E-state index in [1.54, 1.807) is 7.05 Å². The molecule has 1 aliphatic heterocycles. The van der Waals surface area contributed by atoms with Gasteiger partial charge in [-0.05, 0) is 51.2 Å². The molecule has 1 aromatic carbocycles. The van der Waals surface area contributed by atoms with Gasteiger partial charge in [0.15, 0.2) is 0 Å². The van der Waals surface area contributed by atoms with Crippen LogP contribution in [0.2, 0.25) is 0 Å². The van der Waals surface area contributed by atoms with Crippen LogP contribution in [0.5, 0.6) is 0 Å². The van der Waals surface area contributed by atoms with Crippen LogP contribution >= 0.6 is 0 Å². The molecule has 12 nitrogen and oxygen atoms in total. The Morgan fingerprint density at radius 3 is 2.21 bits per heavy atom. The summed E-state index contributed by atoms with van der Waals surface area (Å²) in [5.74, 6) is -1.24. The molecular formula is C21H26N6O6. The van der Waals surface area contributed by atoms with E-state index in [-0.39, 0.29) is 40.2 Å². The van der Waals surface area contributed by atoms with E-state index in [1.165, 1.54) is 38.7 Å². The molecule has 0 unspecified atom stereocenters. The average molecular weight is 458 g/mol. The second kappa shape index (κ2) is 10.2. The second-order valence-corrected chi connectivity index (χ2v) is 7.70.